The van der Waals surface area contributed by atoms with Gasteiger partial charge in [-0.2, -0.15) is 5.10 Å². The molecule has 1 aliphatic heterocycles. The van der Waals surface area contributed by atoms with Crippen molar-refractivity contribution in [2.45, 2.75) is 32.2 Å². The van der Waals surface area contributed by atoms with Crippen LogP contribution in [-0.2, 0) is 6.42 Å². The minimum Gasteiger partial charge on any atom is -0.336 e. The van der Waals surface area contributed by atoms with E-state index in [9.17, 15) is 4.79 Å². The molecule has 1 saturated heterocycles. The van der Waals surface area contributed by atoms with Gasteiger partial charge in [0.15, 0.2) is 5.69 Å². The highest BCUT2D eigenvalue weighted by Gasteiger charge is 2.28. The van der Waals surface area contributed by atoms with Gasteiger partial charge >= 0.3 is 0 Å². The van der Waals surface area contributed by atoms with Gasteiger partial charge in [0.2, 0.25) is 0 Å². The topological polar surface area (TPSA) is 52.2 Å². The highest BCUT2D eigenvalue weighted by atomic mass is 16.2. The van der Waals surface area contributed by atoms with Gasteiger partial charge in [-0.05, 0) is 50.9 Å². The molecule has 146 valence electrons. The molecule has 0 spiro atoms. The van der Waals surface area contributed by atoms with Crippen LogP contribution in [0.4, 0.5) is 0 Å². The lowest BCUT2D eigenvalue weighted by molar-refractivity contribution is 0.0608. The molecule has 28 heavy (non-hydrogen) atoms. The third-order valence-electron chi connectivity index (χ3n) is 5.82. The number of likely N-dealkylation sites (N-methyl/N-ethyl adjacent to an activating group) is 1. The number of fused-ring (bicyclic) bond motifs is 1. The lowest BCUT2D eigenvalue weighted by Crippen LogP contribution is -2.49. The fraction of sp³-hybridized carbons (Fsp3) is 0.391. The van der Waals surface area contributed by atoms with Crippen molar-refractivity contribution in [3.63, 3.8) is 0 Å². The molecule has 1 aliphatic rings. The standard InChI is InChI=1S/C23H28N4O/c1-17-10-11-21-20(15-17)22(25-24-21)23(28)27-13-6-9-19(16-27)26(2)14-12-18-7-4-3-5-8-18/h3-5,7-8,10-11,15,19H,6,9,12-14,16H2,1-2H3,(H,24,25)/t19-/m1/s1. The number of aromatic nitrogens is 2. The first-order valence-corrected chi connectivity index (χ1v) is 10.1. The van der Waals surface area contributed by atoms with Gasteiger partial charge in [-0.15, -0.1) is 0 Å². The molecule has 5 nitrogen and oxygen atoms in total. The van der Waals surface area contributed by atoms with Crippen molar-refractivity contribution in [3.8, 4) is 0 Å². The van der Waals surface area contributed by atoms with Crippen molar-refractivity contribution in [3.05, 3.63) is 65.4 Å². The molecule has 4 rings (SSSR count). The minimum atomic E-state index is 0.0398. The summed E-state index contributed by atoms with van der Waals surface area (Å²) in [6.07, 6.45) is 3.20. The zero-order valence-electron chi connectivity index (χ0n) is 16.7. The SMILES string of the molecule is Cc1ccc2[nH]nc(C(=O)N3CCC[C@@H](N(C)CCc4ccccc4)C3)c2c1. The maximum atomic E-state index is 13.2. The van der Waals surface area contributed by atoms with E-state index in [0.29, 0.717) is 11.7 Å². The zero-order chi connectivity index (χ0) is 19.5. The molecule has 0 bridgehead atoms. The average Bonchev–Trinajstić information content (AvgIpc) is 3.15. The molecule has 2 heterocycles. The Morgan fingerprint density at radius 3 is 2.89 bits per heavy atom. The molecule has 1 amide bonds. The molecular weight excluding hydrogens is 348 g/mol. The maximum absolute atomic E-state index is 13.2. The first-order chi connectivity index (χ1) is 13.6. The number of carbonyl (C=O) groups excluding carboxylic acids is 1. The van der Waals surface area contributed by atoms with E-state index >= 15 is 0 Å². The Kier molecular flexibility index (Phi) is 5.44. The number of rotatable bonds is 5. The van der Waals surface area contributed by atoms with Crippen LogP contribution in [0.3, 0.4) is 0 Å². The number of aromatic amines is 1. The smallest absolute Gasteiger partial charge is 0.275 e. The van der Waals surface area contributed by atoms with Crippen LogP contribution in [0.5, 0.6) is 0 Å². The summed E-state index contributed by atoms with van der Waals surface area (Å²) in [7, 11) is 2.18. The summed E-state index contributed by atoms with van der Waals surface area (Å²) in [6, 6.07) is 17.0. The molecule has 1 N–H and O–H groups in total. The number of benzene rings is 2. The van der Waals surface area contributed by atoms with Crippen LogP contribution in [0.25, 0.3) is 10.9 Å². The van der Waals surface area contributed by atoms with E-state index in [1.165, 1.54) is 5.56 Å². The summed E-state index contributed by atoms with van der Waals surface area (Å²) in [6.45, 7) is 4.62. The Labute approximate surface area is 166 Å². The number of likely N-dealkylation sites (tertiary alicyclic amines) is 1. The fourth-order valence-corrected chi connectivity index (χ4v) is 4.07. The van der Waals surface area contributed by atoms with Crippen LogP contribution >= 0.6 is 0 Å². The lowest BCUT2D eigenvalue weighted by Gasteiger charge is -2.37. The van der Waals surface area contributed by atoms with Crippen LogP contribution in [0, 0.1) is 6.92 Å². The molecule has 3 aromatic rings. The number of nitrogens with one attached hydrogen (secondary N) is 1. The summed E-state index contributed by atoms with van der Waals surface area (Å²) in [5, 5.41) is 8.25. The number of hydrogen-bond acceptors (Lipinski definition) is 3. The number of nitrogens with zero attached hydrogens (tertiary/aromatic N) is 3. The molecular formula is C23H28N4O. The fourth-order valence-electron chi connectivity index (χ4n) is 4.07. The number of hydrogen-bond donors (Lipinski definition) is 1. The molecule has 1 fully saturated rings. The molecule has 0 saturated carbocycles. The van der Waals surface area contributed by atoms with Gasteiger partial charge in [-0.25, -0.2) is 0 Å². The largest absolute Gasteiger partial charge is 0.336 e. The van der Waals surface area contributed by atoms with E-state index in [1.54, 1.807) is 0 Å². The Balaban J connectivity index is 1.42. The number of H-pyrrole nitrogens is 1. The number of aryl methyl sites for hydroxylation is 1. The predicted octanol–water partition coefficient (Wildman–Crippen LogP) is 3.65. The van der Waals surface area contributed by atoms with E-state index in [0.717, 1.165) is 55.4 Å². The van der Waals surface area contributed by atoms with E-state index in [-0.39, 0.29) is 5.91 Å². The highest BCUT2D eigenvalue weighted by molar-refractivity contribution is 6.04. The quantitative estimate of drug-likeness (QED) is 0.739. The number of piperidine rings is 1. The van der Waals surface area contributed by atoms with Crippen molar-refractivity contribution in [2.75, 3.05) is 26.7 Å². The summed E-state index contributed by atoms with van der Waals surface area (Å²) < 4.78 is 0. The van der Waals surface area contributed by atoms with Gasteiger partial charge < -0.3 is 9.80 Å². The molecule has 5 heteroatoms. The Morgan fingerprint density at radius 1 is 1.25 bits per heavy atom. The van der Waals surface area contributed by atoms with Gasteiger partial charge in [0, 0.05) is 31.1 Å². The van der Waals surface area contributed by atoms with Crippen LogP contribution in [0.2, 0.25) is 0 Å². The third kappa shape index (κ3) is 3.94. The second kappa shape index (κ2) is 8.15. The zero-order valence-corrected chi connectivity index (χ0v) is 16.7. The van der Waals surface area contributed by atoms with E-state index in [2.05, 4.69) is 52.5 Å². The van der Waals surface area contributed by atoms with Gasteiger partial charge in [-0.1, -0.05) is 42.0 Å². The van der Waals surface area contributed by atoms with Crippen molar-refractivity contribution < 1.29 is 4.79 Å². The number of carbonyl (C=O) groups is 1. The molecule has 0 radical (unpaired) electrons. The van der Waals surface area contributed by atoms with Crippen molar-refractivity contribution in [1.29, 1.82) is 0 Å². The summed E-state index contributed by atoms with van der Waals surface area (Å²) in [5.74, 6) is 0.0398. The third-order valence-corrected chi connectivity index (χ3v) is 5.82. The second-order valence-corrected chi connectivity index (χ2v) is 7.88. The molecule has 0 unspecified atom stereocenters. The monoisotopic (exact) mass is 376 g/mol. The Morgan fingerprint density at radius 2 is 2.07 bits per heavy atom. The lowest BCUT2D eigenvalue weighted by atomic mass is 10.0. The minimum absolute atomic E-state index is 0.0398. The predicted molar refractivity (Wildman–Crippen MR) is 113 cm³/mol. The molecule has 1 aromatic heterocycles. The summed E-state index contributed by atoms with van der Waals surface area (Å²) >= 11 is 0. The van der Waals surface area contributed by atoms with Crippen LogP contribution in [0.15, 0.2) is 48.5 Å². The number of amides is 1. The highest BCUT2D eigenvalue weighted by Crippen LogP contribution is 2.22. The van der Waals surface area contributed by atoms with Gasteiger partial charge in [0.25, 0.3) is 5.91 Å². The Hall–Kier alpha value is -2.66. The molecule has 2 aromatic carbocycles. The Bertz CT molecular complexity index is 950. The molecule has 0 aliphatic carbocycles. The van der Waals surface area contributed by atoms with Crippen LogP contribution < -0.4 is 0 Å². The first-order valence-electron chi connectivity index (χ1n) is 10.1. The van der Waals surface area contributed by atoms with Gasteiger partial charge in [0.1, 0.15) is 0 Å². The summed E-state index contributed by atoms with van der Waals surface area (Å²) in [5.41, 5.74) is 3.96. The van der Waals surface area contributed by atoms with E-state index in [4.69, 9.17) is 0 Å². The van der Waals surface area contributed by atoms with Gasteiger partial charge in [0.05, 0.1) is 5.52 Å². The van der Waals surface area contributed by atoms with E-state index < -0.39 is 0 Å². The van der Waals surface area contributed by atoms with Crippen LogP contribution in [0.1, 0.15) is 34.5 Å². The summed E-state index contributed by atoms with van der Waals surface area (Å²) in [4.78, 5) is 17.5. The maximum Gasteiger partial charge on any atom is 0.275 e. The van der Waals surface area contributed by atoms with Crippen molar-refractivity contribution in [2.24, 2.45) is 0 Å². The van der Waals surface area contributed by atoms with Gasteiger partial charge in [-0.3, -0.25) is 9.89 Å². The van der Waals surface area contributed by atoms with Crippen LogP contribution in [-0.4, -0.2) is 58.6 Å². The second-order valence-electron chi connectivity index (χ2n) is 7.88. The molecule has 1 atom stereocenters. The normalized spacial score (nSPS) is 17.4. The van der Waals surface area contributed by atoms with Crippen molar-refractivity contribution >= 4 is 16.8 Å². The van der Waals surface area contributed by atoms with E-state index in [1.807, 2.05) is 30.0 Å². The van der Waals surface area contributed by atoms with Crippen molar-refractivity contribution in [1.82, 2.24) is 20.0 Å². The first kappa shape index (κ1) is 18.7. The average molecular weight is 377 g/mol.